The van der Waals surface area contributed by atoms with Gasteiger partial charge in [0.1, 0.15) is 0 Å². The van der Waals surface area contributed by atoms with Gasteiger partial charge < -0.3 is 9.51 Å². The number of aromatic amines is 1. The maximum Gasteiger partial charge on any atom is 0.471 e. The largest absolute Gasteiger partial charge is 0.471 e. The Balaban J connectivity index is 1.99. The Morgan fingerprint density at radius 2 is 2.05 bits per heavy atom. The summed E-state index contributed by atoms with van der Waals surface area (Å²) in [6, 6.07) is 6.68. The van der Waals surface area contributed by atoms with Crippen molar-refractivity contribution in [2.75, 3.05) is 0 Å². The lowest BCUT2D eigenvalue weighted by Gasteiger charge is -1.99. The Morgan fingerprint density at radius 3 is 2.70 bits per heavy atom. The number of nitrogens with zero attached hydrogens (tertiary/aromatic N) is 3. The fourth-order valence-corrected chi connectivity index (χ4v) is 1.66. The molecule has 1 N–H and O–H groups in total. The van der Waals surface area contributed by atoms with Gasteiger partial charge in [-0.2, -0.15) is 18.2 Å². The zero-order chi connectivity index (χ0) is 14.2. The summed E-state index contributed by atoms with van der Waals surface area (Å²) < 4.78 is 41.4. The third-order valence-electron chi connectivity index (χ3n) is 2.56. The summed E-state index contributed by atoms with van der Waals surface area (Å²) in [5.74, 6) is -1.50. The topological polar surface area (TPSA) is 67.6 Å². The summed E-state index contributed by atoms with van der Waals surface area (Å²) in [5, 5.41) is 3.33. The van der Waals surface area contributed by atoms with Crippen molar-refractivity contribution in [2.24, 2.45) is 0 Å². The van der Waals surface area contributed by atoms with Crippen LogP contribution >= 0.6 is 0 Å². The van der Waals surface area contributed by atoms with E-state index in [-0.39, 0.29) is 5.82 Å². The SMILES string of the molecule is FC(F)(F)c1nc(-c2ccnc(-c3ccc[nH]3)c2)no1. The molecule has 3 aromatic heterocycles. The molecule has 0 fully saturated rings. The quantitative estimate of drug-likeness (QED) is 0.783. The van der Waals surface area contributed by atoms with Crippen molar-refractivity contribution in [3.8, 4) is 22.8 Å². The van der Waals surface area contributed by atoms with Crippen molar-refractivity contribution in [3.63, 3.8) is 0 Å². The van der Waals surface area contributed by atoms with Crippen LogP contribution in [0, 0.1) is 0 Å². The highest BCUT2D eigenvalue weighted by Crippen LogP contribution is 2.29. The molecule has 102 valence electrons. The molecule has 0 spiro atoms. The van der Waals surface area contributed by atoms with Gasteiger partial charge >= 0.3 is 12.1 Å². The average Bonchev–Trinajstić information content (AvgIpc) is 3.10. The minimum Gasteiger partial charge on any atom is -0.360 e. The summed E-state index contributed by atoms with van der Waals surface area (Å²) in [6.45, 7) is 0. The van der Waals surface area contributed by atoms with Gasteiger partial charge in [-0.15, -0.1) is 0 Å². The zero-order valence-electron chi connectivity index (χ0n) is 9.85. The fourth-order valence-electron chi connectivity index (χ4n) is 1.66. The van der Waals surface area contributed by atoms with Crippen LogP contribution in [0.3, 0.4) is 0 Å². The molecule has 0 atom stereocenters. The lowest BCUT2D eigenvalue weighted by Crippen LogP contribution is -2.04. The van der Waals surface area contributed by atoms with Gasteiger partial charge in [0.25, 0.3) is 0 Å². The first kappa shape index (κ1) is 12.4. The second-order valence-electron chi connectivity index (χ2n) is 3.93. The van der Waals surface area contributed by atoms with E-state index in [1.165, 1.54) is 12.3 Å². The minimum atomic E-state index is -4.65. The number of hydrogen-bond donors (Lipinski definition) is 1. The molecule has 0 aromatic carbocycles. The molecule has 0 amide bonds. The third-order valence-corrected chi connectivity index (χ3v) is 2.56. The van der Waals surface area contributed by atoms with E-state index in [0.29, 0.717) is 11.3 Å². The van der Waals surface area contributed by atoms with Crippen molar-refractivity contribution < 1.29 is 17.7 Å². The molecule has 5 nitrogen and oxygen atoms in total. The lowest BCUT2D eigenvalue weighted by molar-refractivity contribution is -0.159. The summed E-state index contributed by atoms with van der Waals surface area (Å²) >= 11 is 0. The van der Waals surface area contributed by atoms with Crippen LogP contribution in [0.1, 0.15) is 5.89 Å². The maximum absolute atomic E-state index is 12.4. The van der Waals surface area contributed by atoms with E-state index in [4.69, 9.17) is 0 Å². The highest BCUT2D eigenvalue weighted by atomic mass is 19.4. The van der Waals surface area contributed by atoms with E-state index in [0.717, 1.165) is 5.69 Å². The number of nitrogens with one attached hydrogen (secondary N) is 1. The van der Waals surface area contributed by atoms with E-state index in [1.807, 2.05) is 0 Å². The minimum absolute atomic E-state index is 0.132. The van der Waals surface area contributed by atoms with Crippen molar-refractivity contribution in [1.29, 1.82) is 0 Å². The van der Waals surface area contributed by atoms with Crippen molar-refractivity contribution in [3.05, 3.63) is 42.5 Å². The first-order valence-electron chi connectivity index (χ1n) is 5.55. The number of halogens is 3. The van der Waals surface area contributed by atoms with Gasteiger partial charge in [-0.3, -0.25) is 4.98 Å². The van der Waals surface area contributed by atoms with E-state index >= 15 is 0 Å². The van der Waals surface area contributed by atoms with Gasteiger partial charge in [-0.25, -0.2) is 0 Å². The molecule has 3 aromatic rings. The Kier molecular flexibility index (Phi) is 2.78. The van der Waals surface area contributed by atoms with E-state index in [9.17, 15) is 13.2 Å². The predicted octanol–water partition coefficient (Wildman–Crippen LogP) is 3.15. The Labute approximate surface area is 110 Å². The molecule has 0 radical (unpaired) electrons. The first-order valence-corrected chi connectivity index (χ1v) is 5.55. The molecule has 0 aliphatic heterocycles. The number of aromatic nitrogens is 4. The predicted molar refractivity (Wildman–Crippen MR) is 62.3 cm³/mol. The van der Waals surface area contributed by atoms with Crippen LogP contribution in [0.5, 0.6) is 0 Å². The normalized spacial score (nSPS) is 11.8. The average molecular weight is 280 g/mol. The van der Waals surface area contributed by atoms with Crippen LogP contribution in [0.2, 0.25) is 0 Å². The van der Waals surface area contributed by atoms with Gasteiger partial charge in [0.15, 0.2) is 0 Å². The van der Waals surface area contributed by atoms with Gasteiger partial charge in [0.05, 0.1) is 11.4 Å². The van der Waals surface area contributed by atoms with Crippen LogP contribution in [0.15, 0.2) is 41.2 Å². The zero-order valence-corrected chi connectivity index (χ0v) is 9.85. The monoisotopic (exact) mass is 280 g/mol. The fraction of sp³-hybridized carbons (Fsp3) is 0.0833. The van der Waals surface area contributed by atoms with Gasteiger partial charge in [0.2, 0.25) is 5.82 Å². The second-order valence-corrected chi connectivity index (χ2v) is 3.93. The molecule has 0 saturated carbocycles. The first-order chi connectivity index (χ1) is 9.54. The molecule has 3 heterocycles. The molecule has 0 saturated heterocycles. The second kappa shape index (κ2) is 4.48. The van der Waals surface area contributed by atoms with E-state index in [2.05, 4.69) is 24.6 Å². The lowest BCUT2D eigenvalue weighted by atomic mass is 10.2. The van der Waals surface area contributed by atoms with Gasteiger partial charge in [0, 0.05) is 18.0 Å². The molecule has 0 unspecified atom stereocenters. The van der Waals surface area contributed by atoms with E-state index in [1.54, 1.807) is 24.4 Å². The number of pyridine rings is 1. The van der Waals surface area contributed by atoms with Gasteiger partial charge in [-0.1, -0.05) is 5.16 Å². The van der Waals surface area contributed by atoms with Crippen LogP contribution in [-0.4, -0.2) is 20.1 Å². The molecule has 8 heteroatoms. The molecule has 0 aliphatic carbocycles. The molecule has 0 bridgehead atoms. The number of rotatable bonds is 2. The van der Waals surface area contributed by atoms with Crippen LogP contribution in [0.4, 0.5) is 13.2 Å². The van der Waals surface area contributed by atoms with Crippen molar-refractivity contribution >= 4 is 0 Å². The van der Waals surface area contributed by atoms with E-state index < -0.39 is 12.1 Å². The van der Waals surface area contributed by atoms with Crippen LogP contribution < -0.4 is 0 Å². The molecule has 0 aliphatic rings. The molecular weight excluding hydrogens is 273 g/mol. The molecule has 20 heavy (non-hydrogen) atoms. The van der Waals surface area contributed by atoms with Crippen LogP contribution in [0.25, 0.3) is 22.8 Å². The smallest absolute Gasteiger partial charge is 0.360 e. The Bertz CT molecular complexity index is 718. The Morgan fingerprint density at radius 1 is 1.20 bits per heavy atom. The summed E-state index contributed by atoms with van der Waals surface area (Å²) in [4.78, 5) is 10.4. The summed E-state index contributed by atoms with van der Waals surface area (Å²) in [5.41, 5.74) is 1.71. The summed E-state index contributed by atoms with van der Waals surface area (Å²) in [7, 11) is 0. The number of alkyl halides is 3. The third kappa shape index (κ3) is 2.27. The molecule has 3 rings (SSSR count). The van der Waals surface area contributed by atoms with Crippen LogP contribution in [-0.2, 0) is 6.18 Å². The maximum atomic E-state index is 12.4. The van der Waals surface area contributed by atoms with Crippen molar-refractivity contribution in [2.45, 2.75) is 6.18 Å². The van der Waals surface area contributed by atoms with Gasteiger partial charge in [-0.05, 0) is 24.3 Å². The number of hydrogen-bond acceptors (Lipinski definition) is 4. The highest BCUT2D eigenvalue weighted by Gasteiger charge is 2.38. The van der Waals surface area contributed by atoms with Crippen molar-refractivity contribution in [1.82, 2.24) is 20.1 Å². The Hall–Kier alpha value is -2.64. The number of H-pyrrole nitrogens is 1. The summed E-state index contributed by atoms with van der Waals surface area (Å²) in [6.07, 6.45) is -1.46. The standard InChI is InChI=1S/C12H7F3N4O/c13-12(14,15)11-18-10(19-20-11)7-3-5-17-9(6-7)8-2-1-4-16-8/h1-6,16H. The molecular formula is C12H7F3N4O. The highest BCUT2D eigenvalue weighted by molar-refractivity contribution is 5.64.